The molecule has 1 aliphatic carbocycles. The summed E-state index contributed by atoms with van der Waals surface area (Å²) < 4.78 is 0. The second-order valence-corrected chi connectivity index (χ2v) is 14.2. The molecular formula is C37H64N4O4. The summed E-state index contributed by atoms with van der Waals surface area (Å²) in [6, 6.07) is -0.809. The van der Waals surface area contributed by atoms with E-state index in [0.717, 1.165) is 32.1 Å². The van der Waals surface area contributed by atoms with Gasteiger partial charge in [0.25, 0.3) is 0 Å². The maximum absolute atomic E-state index is 14.2. The van der Waals surface area contributed by atoms with E-state index < -0.39 is 12.1 Å². The largest absolute Gasteiger partial charge is 0.386 e. The van der Waals surface area contributed by atoms with Gasteiger partial charge >= 0.3 is 0 Å². The molecule has 8 nitrogen and oxygen atoms in total. The summed E-state index contributed by atoms with van der Waals surface area (Å²) in [5.41, 5.74) is 0.598. The molecule has 9 atom stereocenters. The topological polar surface area (TPSA) is 102 Å². The average Bonchev–Trinajstić information content (AvgIpc) is 3.48. The lowest BCUT2D eigenvalue weighted by Crippen LogP contribution is -2.56. The molecule has 2 rings (SSSR count). The molecule has 0 aromatic rings. The Morgan fingerprint density at radius 3 is 2.18 bits per heavy atom. The zero-order valence-electron chi connectivity index (χ0n) is 29.7. The van der Waals surface area contributed by atoms with Gasteiger partial charge in [-0.15, -0.1) is 0 Å². The maximum atomic E-state index is 14.2. The smallest absolute Gasteiger partial charge is 0.239 e. The Labute approximate surface area is 274 Å². The van der Waals surface area contributed by atoms with Gasteiger partial charge in [-0.05, 0) is 62.0 Å². The average molecular weight is 629 g/mol. The number of nitrogens with one attached hydrogen (secondary N) is 2. The highest BCUT2D eigenvalue weighted by atomic mass is 16.3. The molecule has 1 heterocycles. The van der Waals surface area contributed by atoms with Crippen LogP contribution in [0.15, 0.2) is 37.0 Å². The molecule has 1 saturated heterocycles. The first-order valence-electron chi connectivity index (χ1n) is 17.4. The number of likely N-dealkylation sites (tertiary alicyclic amines) is 1. The molecular weight excluding hydrogens is 564 g/mol. The fourth-order valence-electron chi connectivity index (χ4n) is 7.56. The first-order valence-corrected chi connectivity index (χ1v) is 17.4. The van der Waals surface area contributed by atoms with Gasteiger partial charge in [0, 0.05) is 38.0 Å². The number of carbonyl (C=O) groups is 3. The van der Waals surface area contributed by atoms with Gasteiger partial charge in [0.15, 0.2) is 0 Å². The van der Waals surface area contributed by atoms with Crippen molar-refractivity contribution in [2.75, 3.05) is 20.6 Å². The SMILES string of the molecule is C=C/C=C(\C=C)[C@H](O)C(C)NC(=O)[C@H](C)[C@@H](C)[C@@H]1CCCN1C(=O)CC(C1CCC1)[C@H]([C@@H](C)CC)N(C)C(=O)C(NC)C(C)C. The van der Waals surface area contributed by atoms with Crippen LogP contribution in [0.1, 0.15) is 93.4 Å². The molecule has 0 bridgehead atoms. The first-order chi connectivity index (χ1) is 21.2. The zero-order chi connectivity index (χ0) is 34.0. The van der Waals surface area contributed by atoms with Crippen molar-refractivity contribution >= 4 is 17.7 Å². The number of hydrogen-bond acceptors (Lipinski definition) is 5. The minimum Gasteiger partial charge on any atom is -0.386 e. The lowest BCUT2D eigenvalue weighted by molar-refractivity contribution is -0.143. The number of nitrogens with zero attached hydrogens (tertiary/aromatic N) is 2. The van der Waals surface area contributed by atoms with E-state index in [-0.39, 0.29) is 65.4 Å². The number of aliphatic hydroxyl groups is 1. The highest BCUT2D eigenvalue weighted by molar-refractivity contribution is 5.83. The molecule has 1 aliphatic heterocycles. The first kappa shape index (κ1) is 38.7. The highest BCUT2D eigenvalue weighted by Crippen LogP contribution is 2.42. The molecule has 2 fully saturated rings. The monoisotopic (exact) mass is 628 g/mol. The van der Waals surface area contributed by atoms with E-state index in [4.69, 9.17) is 0 Å². The predicted molar refractivity (Wildman–Crippen MR) is 184 cm³/mol. The number of aliphatic hydroxyl groups excluding tert-OH is 1. The Balaban J connectivity index is 2.23. The van der Waals surface area contributed by atoms with Gasteiger partial charge in [-0.1, -0.05) is 98.6 Å². The summed E-state index contributed by atoms with van der Waals surface area (Å²) in [4.78, 5) is 45.3. The van der Waals surface area contributed by atoms with Crippen LogP contribution >= 0.6 is 0 Å². The predicted octanol–water partition coefficient (Wildman–Crippen LogP) is 5.34. The molecule has 8 heteroatoms. The van der Waals surface area contributed by atoms with Gasteiger partial charge in [0.05, 0.1) is 18.2 Å². The molecule has 2 aliphatic rings. The second-order valence-electron chi connectivity index (χ2n) is 14.2. The molecule has 3 unspecified atom stereocenters. The van der Waals surface area contributed by atoms with E-state index in [1.54, 1.807) is 25.2 Å². The van der Waals surface area contributed by atoms with Crippen LogP contribution in [0.2, 0.25) is 0 Å². The number of allylic oxidation sites excluding steroid dienone is 2. The Kier molecular flexibility index (Phi) is 15.5. The van der Waals surface area contributed by atoms with E-state index in [1.165, 1.54) is 6.42 Å². The number of likely N-dealkylation sites (N-methyl/N-ethyl adjacent to an activating group) is 2. The van der Waals surface area contributed by atoms with Crippen molar-refractivity contribution in [3.05, 3.63) is 37.0 Å². The summed E-state index contributed by atoms with van der Waals surface area (Å²) in [6.45, 7) is 22.4. The normalized spacial score (nSPS) is 22.8. The van der Waals surface area contributed by atoms with Crippen molar-refractivity contribution in [1.82, 2.24) is 20.4 Å². The van der Waals surface area contributed by atoms with Gasteiger partial charge in [0.1, 0.15) is 0 Å². The van der Waals surface area contributed by atoms with Crippen molar-refractivity contribution < 1.29 is 19.5 Å². The van der Waals surface area contributed by atoms with Crippen molar-refractivity contribution in [2.24, 2.45) is 35.5 Å². The Bertz CT molecular complexity index is 1040. The van der Waals surface area contributed by atoms with E-state index in [1.807, 2.05) is 30.8 Å². The van der Waals surface area contributed by atoms with E-state index in [0.29, 0.717) is 24.5 Å². The van der Waals surface area contributed by atoms with E-state index >= 15 is 0 Å². The maximum Gasteiger partial charge on any atom is 0.239 e. The van der Waals surface area contributed by atoms with Crippen molar-refractivity contribution in [2.45, 2.75) is 124 Å². The lowest BCUT2D eigenvalue weighted by atomic mass is 9.68. The minimum atomic E-state index is -0.896. The number of amides is 3. The molecule has 0 aromatic carbocycles. The van der Waals surface area contributed by atoms with E-state index in [2.05, 4.69) is 58.4 Å². The van der Waals surface area contributed by atoms with Gasteiger partial charge < -0.3 is 25.5 Å². The molecule has 45 heavy (non-hydrogen) atoms. The Morgan fingerprint density at radius 1 is 1.04 bits per heavy atom. The highest BCUT2D eigenvalue weighted by Gasteiger charge is 2.44. The van der Waals surface area contributed by atoms with Crippen molar-refractivity contribution in [3.63, 3.8) is 0 Å². The third-order valence-corrected chi connectivity index (χ3v) is 11.0. The summed E-state index contributed by atoms with van der Waals surface area (Å²) in [6.07, 6.45) is 10.5. The second kappa shape index (κ2) is 18.0. The van der Waals surface area contributed by atoms with Crippen LogP contribution in [-0.2, 0) is 14.4 Å². The Morgan fingerprint density at radius 2 is 1.69 bits per heavy atom. The molecule has 0 aromatic heterocycles. The minimum absolute atomic E-state index is 0.0157. The fourth-order valence-corrected chi connectivity index (χ4v) is 7.56. The van der Waals surface area contributed by atoms with Crippen LogP contribution in [0, 0.1) is 35.5 Å². The lowest BCUT2D eigenvalue weighted by Gasteiger charge is -2.46. The van der Waals surface area contributed by atoms with Gasteiger partial charge in [0.2, 0.25) is 17.7 Å². The third-order valence-electron chi connectivity index (χ3n) is 11.0. The van der Waals surface area contributed by atoms with Crippen LogP contribution in [0.3, 0.4) is 0 Å². The van der Waals surface area contributed by atoms with Gasteiger partial charge in [-0.3, -0.25) is 14.4 Å². The third kappa shape index (κ3) is 9.54. The summed E-state index contributed by atoms with van der Waals surface area (Å²) in [7, 11) is 3.78. The zero-order valence-corrected chi connectivity index (χ0v) is 29.7. The number of carbonyl (C=O) groups excluding carboxylic acids is 3. The van der Waals surface area contributed by atoms with Crippen LogP contribution in [-0.4, -0.2) is 83.5 Å². The molecule has 0 radical (unpaired) electrons. The fraction of sp³-hybridized carbons (Fsp3) is 0.757. The van der Waals surface area contributed by atoms with Crippen LogP contribution in [0.5, 0.6) is 0 Å². The van der Waals surface area contributed by atoms with Gasteiger partial charge in [-0.25, -0.2) is 0 Å². The Hall–Kier alpha value is -2.45. The quantitative estimate of drug-likeness (QED) is 0.178. The van der Waals surface area contributed by atoms with E-state index in [9.17, 15) is 19.5 Å². The standard InChI is InChI=1S/C37H64N4O4/c1-12-17-28(14-3)35(43)27(9)39-36(44)26(8)25(7)31-20-16-21-41(31)32(42)22-30(29-18-15-19-29)34(24(6)13-2)40(11)37(45)33(38-10)23(4)5/h12,14,17,23-27,29-31,33-35,38,43H,1,3,13,15-16,18-22H2,2,4-11H3,(H,39,44)/b28-17+/t24-,25+,26+,27?,30?,31-,33?,34-,35+/m0/s1. The number of hydrogen-bond donors (Lipinski definition) is 3. The van der Waals surface area contributed by atoms with Crippen LogP contribution < -0.4 is 10.6 Å². The van der Waals surface area contributed by atoms with Crippen LogP contribution in [0.4, 0.5) is 0 Å². The van der Waals surface area contributed by atoms with Crippen molar-refractivity contribution in [1.29, 1.82) is 0 Å². The summed E-state index contributed by atoms with van der Waals surface area (Å²) >= 11 is 0. The molecule has 0 spiro atoms. The molecule has 3 amide bonds. The number of rotatable bonds is 18. The van der Waals surface area contributed by atoms with Gasteiger partial charge in [-0.2, -0.15) is 0 Å². The molecule has 1 saturated carbocycles. The summed E-state index contributed by atoms with van der Waals surface area (Å²) in [5.74, 6) is 0.668. The van der Waals surface area contributed by atoms with Crippen molar-refractivity contribution in [3.8, 4) is 0 Å². The van der Waals surface area contributed by atoms with Crippen LogP contribution in [0.25, 0.3) is 0 Å². The summed E-state index contributed by atoms with van der Waals surface area (Å²) in [5, 5.41) is 16.9. The molecule has 256 valence electrons. The molecule has 3 N–H and O–H groups in total.